The molecular formula is C15H14ClFO2. The van der Waals surface area contributed by atoms with E-state index in [1.165, 1.54) is 19.2 Å². The van der Waals surface area contributed by atoms with E-state index < -0.39 is 11.9 Å². The number of halogens is 2. The average molecular weight is 281 g/mol. The Bertz CT molecular complexity index is 599. The van der Waals surface area contributed by atoms with Gasteiger partial charge in [-0.25, -0.2) is 4.39 Å². The summed E-state index contributed by atoms with van der Waals surface area (Å²) in [5.41, 5.74) is 1.62. The van der Waals surface area contributed by atoms with E-state index in [4.69, 9.17) is 16.3 Å². The Hall–Kier alpha value is -1.58. The molecule has 0 aliphatic carbocycles. The summed E-state index contributed by atoms with van der Waals surface area (Å²) in [6, 6.07) is 9.82. The highest BCUT2D eigenvalue weighted by atomic mass is 35.5. The maximum Gasteiger partial charge on any atom is 0.171 e. The van der Waals surface area contributed by atoms with Gasteiger partial charge in [0.1, 0.15) is 6.10 Å². The van der Waals surface area contributed by atoms with Crippen molar-refractivity contribution in [1.29, 1.82) is 0 Å². The van der Waals surface area contributed by atoms with Crippen LogP contribution in [0.2, 0.25) is 5.02 Å². The molecule has 2 nitrogen and oxygen atoms in total. The lowest BCUT2D eigenvalue weighted by atomic mass is 10.00. The molecule has 2 aromatic rings. The van der Waals surface area contributed by atoms with Gasteiger partial charge in [-0.15, -0.1) is 0 Å². The van der Waals surface area contributed by atoms with E-state index in [1.54, 1.807) is 24.3 Å². The zero-order valence-corrected chi connectivity index (χ0v) is 11.4. The standard InChI is InChI=1S/C15H14ClFO2/c1-9-6-7-10(8-12(9)16)15(18)11-4-3-5-13(19-2)14(11)17/h3-8,15,18H,1-2H3. The molecular weight excluding hydrogens is 267 g/mol. The van der Waals surface area contributed by atoms with Crippen LogP contribution in [0.5, 0.6) is 5.75 Å². The first-order chi connectivity index (χ1) is 9.04. The van der Waals surface area contributed by atoms with Gasteiger partial charge in [0.15, 0.2) is 11.6 Å². The predicted octanol–water partition coefficient (Wildman–Crippen LogP) is 3.88. The summed E-state index contributed by atoms with van der Waals surface area (Å²) in [4.78, 5) is 0. The number of aliphatic hydroxyl groups is 1. The third-order valence-electron chi connectivity index (χ3n) is 3.02. The van der Waals surface area contributed by atoms with Crippen molar-refractivity contribution in [1.82, 2.24) is 0 Å². The van der Waals surface area contributed by atoms with E-state index in [0.29, 0.717) is 10.6 Å². The SMILES string of the molecule is COc1cccc(C(O)c2ccc(C)c(Cl)c2)c1F. The fraction of sp³-hybridized carbons (Fsp3) is 0.200. The molecule has 1 N–H and O–H groups in total. The van der Waals surface area contributed by atoms with Crippen LogP contribution in [-0.2, 0) is 0 Å². The molecule has 0 aliphatic rings. The van der Waals surface area contributed by atoms with Gasteiger partial charge in [0, 0.05) is 10.6 Å². The first-order valence-corrected chi connectivity index (χ1v) is 6.19. The Kier molecular flexibility index (Phi) is 4.08. The average Bonchev–Trinajstić information content (AvgIpc) is 2.41. The van der Waals surface area contributed by atoms with Crippen LogP contribution in [-0.4, -0.2) is 12.2 Å². The predicted molar refractivity (Wildman–Crippen MR) is 73.2 cm³/mol. The molecule has 0 fully saturated rings. The lowest BCUT2D eigenvalue weighted by Gasteiger charge is -2.15. The largest absolute Gasteiger partial charge is 0.494 e. The van der Waals surface area contributed by atoms with E-state index in [-0.39, 0.29) is 11.3 Å². The number of aliphatic hydroxyl groups excluding tert-OH is 1. The molecule has 0 radical (unpaired) electrons. The van der Waals surface area contributed by atoms with Crippen molar-refractivity contribution in [3.05, 3.63) is 63.9 Å². The van der Waals surface area contributed by atoms with Crippen LogP contribution in [0.1, 0.15) is 22.8 Å². The van der Waals surface area contributed by atoms with Crippen LogP contribution in [0.25, 0.3) is 0 Å². The lowest BCUT2D eigenvalue weighted by molar-refractivity contribution is 0.213. The van der Waals surface area contributed by atoms with Crippen molar-refractivity contribution in [2.45, 2.75) is 13.0 Å². The van der Waals surface area contributed by atoms with E-state index in [9.17, 15) is 9.50 Å². The minimum Gasteiger partial charge on any atom is -0.494 e. The Morgan fingerprint density at radius 3 is 2.63 bits per heavy atom. The van der Waals surface area contributed by atoms with E-state index in [2.05, 4.69) is 0 Å². The quantitative estimate of drug-likeness (QED) is 0.924. The van der Waals surface area contributed by atoms with Gasteiger partial charge < -0.3 is 9.84 Å². The molecule has 0 amide bonds. The minimum absolute atomic E-state index is 0.106. The van der Waals surface area contributed by atoms with E-state index >= 15 is 0 Å². The van der Waals surface area contributed by atoms with Gasteiger partial charge in [-0.05, 0) is 30.2 Å². The molecule has 2 aromatic carbocycles. The second-order valence-electron chi connectivity index (χ2n) is 4.27. The highest BCUT2D eigenvalue weighted by Crippen LogP contribution is 2.30. The van der Waals surface area contributed by atoms with Crippen molar-refractivity contribution < 1.29 is 14.2 Å². The number of methoxy groups -OCH3 is 1. The smallest absolute Gasteiger partial charge is 0.171 e. The third kappa shape index (κ3) is 2.72. The van der Waals surface area contributed by atoms with Gasteiger partial charge in [-0.3, -0.25) is 0 Å². The molecule has 0 heterocycles. The molecule has 0 saturated carbocycles. The van der Waals surface area contributed by atoms with Crippen LogP contribution in [0.3, 0.4) is 0 Å². The molecule has 0 bridgehead atoms. The number of aryl methyl sites for hydroxylation is 1. The van der Waals surface area contributed by atoms with E-state index in [0.717, 1.165) is 5.56 Å². The Balaban J connectivity index is 2.43. The zero-order valence-electron chi connectivity index (χ0n) is 10.7. The number of hydrogen-bond donors (Lipinski definition) is 1. The summed E-state index contributed by atoms with van der Waals surface area (Å²) < 4.78 is 19.0. The van der Waals surface area contributed by atoms with Crippen molar-refractivity contribution in [3.63, 3.8) is 0 Å². The highest BCUT2D eigenvalue weighted by molar-refractivity contribution is 6.31. The molecule has 1 atom stereocenters. The van der Waals surface area contributed by atoms with Crippen LogP contribution < -0.4 is 4.74 Å². The van der Waals surface area contributed by atoms with Crippen LogP contribution in [0.4, 0.5) is 4.39 Å². The first kappa shape index (κ1) is 13.8. The van der Waals surface area contributed by atoms with Gasteiger partial charge in [-0.2, -0.15) is 0 Å². The summed E-state index contributed by atoms with van der Waals surface area (Å²) in [5, 5.41) is 10.8. The summed E-state index contributed by atoms with van der Waals surface area (Å²) in [6.07, 6.45) is -1.08. The third-order valence-corrected chi connectivity index (χ3v) is 3.43. The van der Waals surface area contributed by atoms with Gasteiger partial charge in [0.2, 0.25) is 0 Å². The molecule has 0 aromatic heterocycles. The molecule has 0 spiro atoms. The molecule has 1 unspecified atom stereocenters. The van der Waals surface area contributed by atoms with Gasteiger partial charge >= 0.3 is 0 Å². The summed E-state index contributed by atoms with van der Waals surface area (Å²) >= 11 is 6.01. The molecule has 2 rings (SSSR count). The van der Waals surface area contributed by atoms with Crippen molar-refractivity contribution in [3.8, 4) is 5.75 Å². The second-order valence-corrected chi connectivity index (χ2v) is 4.68. The number of hydrogen-bond acceptors (Lipinski definition) is 2. The number of benzene rings is 2. The first-order valence-electron chi connectivity index (χ1n) is 5.81. The number of rotatable bonds is 3. The fourth-order valence-corrected chi connectivity index (χ4v) is 2.04. The van der Waals surface area contributed by atoms with Gasteiger partial charge in [-0.1, -0.05) is 35.9 Å². The monoisotopic (exact) mass is 280 g/mol. The van der Waals surface area contributed by atoms with Crippen molar-refractivity contribution in [2.75, 3.05) is 7.11 Å². The maximum atomic E-state index is 14.1. The van der Waals surface area contributed by atoms with E-state index in [1.807, 2.05) is 6.92 Å². The molecule has 0 saturated heterocycles. The Labute approximate surface area is 116 Å². The molecule has 100 valence electrons. The van der Waals surface area contributed by atoms with Gasteiger partial charge in [0.05, 0.1) is 7.11 Å². The zero-order chi connectivity index (χ0) is 14.0. The second kappa shape index (κ2) is 5.59. The molecule has 4 heteroatoms. The van der Waals surface area contributed by atoms with Crippen molar-refractivity contribution >= 4 is 11.6 Å². The Morgan fingerprint density at radius 1 is 1.26 bits per heavy atom. The topological polar surface area (TPSA) is 29.5 Å². The van der Waals surface area contributed by atoms with Crippen LogP contribution >= 0.6 is 11.6 Å². The fourth-order valence-electron chi connectivity index (χ4n) is 1.86. The normalized spacial score (nSPS) is 12.3. The summed E-state index contributed by atoms with van der Waals surface area (Å²) in [5.74, 6) is -0.455. The molecule has 0 aliphatic heterocycles. The minimum atomic E-state index is -1.08. The lowest BCUT2D eigenvalue weighted by Crippen LogP contribution is -2.04. The highest BCUT2D eigenvalue weighted by Gasteiger charge is 2.18. The molecule has 19 heavy (non-hydrogen) atoms. The van der Waals surface area contributed by atoms with Gasteiger partial charge in [0.25, 0.3) is 0 Å². The summed E-state index contributed by atoms with van der Waals surface area (Å²) in [7, 11) is 1.39. The maximum absolute atomic E-state index is 14.1. The number of ether oxygens (including phenoxy) is 1. The summed E-state index contributed by atoms with van der Waals surface area (Å²) in [6.45, 7) is 1.87. The van der Waals surface area contributed by atoms with Crippen molar-refractivity contribution in [2.24, 2.45) is 0 Å². The van der Waals surface area contributed by atoms with Crippen LogP contribution in [0, 0.1) is 12.7 Å². The van der Waals surface area contributed by atoms with Crippen LogP contribution in [0.15, 0.2) is 36.4 Å². The Morgan fingerprint density at radius 2 is 2.00 bits per heavy atom.